The summed E-state index contributed by atoms with van der Waals surface area (Å²) in [5, 5.41) is 4.56. The molecule has 1 aromatic rings. The van der Waals surface area contributed by atoms with Crippen LogP contribution in [0.1, 0.15) is 0 Å². The van der Waals surface area contributed by atoms with Gasteiger partial charge in [0.15, 0.2) is 0 Å². The van der Waals surface area contributed by atoms with E-state index in [0.29, 0.717) is 16.6 Å². The van der Waals surface area contributed by atoms with E-state index in [0.717, 1.165) is 30.3 Å². The monoisotopic (exact) mass is 333 g/mol. The fourth-order valence-corrected chi connectivity index (χ4v) is 3.64. The zero-order valence-electron chi connectivity index (χ0n) is 10.9. The normalized spacial score (nSPS) is 20.0. The van der Waals surface area contributed by atoms with Gasteiger partial charge in [-0.15, -0.1) is 11.8 Å². The highest BCUT2D eigenvalue weighted by Gasteiger charge is 2.26. The molecule has 110 valence electrons. The zero-order chi connectivity index (χ0) is 14.5. The molecule has 1 fully saturated rings. The molecule has 3 N–H and O–H groups in total. The Morgan fingerprint density at radius 1 is 1.50 bits per heavy atom. The molecule has 2 rings (SSSR count). The Kier molecular flexibility index (Phi) is 5.99. The summed E-state index contributed by atoms with van der Waals surface area (Å²) in [5.74, 6) is 0.562. The molecule has 0 bridgehead atoms. The number of hydrogen-bond donors (Lipinski definition) is 2. The van der Waals surface area contributed by atoms with E-state index in [-0.39, 0.29) is 11.9 Å². The van der Waals surface area contributed by atoms with Crippen LogP contribution in [0.2, 0.25) is 10.0 Å². The highest BCUT2D eigenvalue weighted by Crippen LogP contribution is 2.29. The van der Waals surface area contributed by atoms with Crippen molar-refractivity contribution in [2.75, 3.05) is 31.9 Å². The zero-order valence-corrected chi connectivity index (χ0v) is 13.3. The lowest BCUT2D eigenvalue weighted by molar-refractivity contribution is -0.123. The number of rotatable bonds is 5. The Morgan fingerprint density at radius 2 is 2.30 bits per heavy atom. The Bertz CT molecular complexity index is 487. The summed E-state index contributed by atoms with van der Waals surface area (Å²) >= 11 is 13.7. The van der Waals surface area contributed by atoms with Crippen LogP contribution in [0, 0.1) is 0 Å². The van der Waals surface area contributed by atoms with Gasteiger partial charge in [0.05, 0.1) is 5.02 Å². The van der Waals surface area contributed by atoms with Crippen molar-refractivity contribution in [1.29, 1.82) is 0 Å². The van der Waals surface area contributed by atoms with Crippen molar-refractivity contribution in [2.24, 2.45) is 5.73 Å². The molecule has 4 nitrogen and oxygen atoms in total. The quantitative estimate of drug-likeness (QED) is 0.807. The van der Waals surface area contributed by atoms with Gasteiger partial charge < -0.3 is 11.1 Å². The third-order valence-corrected chi connectivity index (χ3v) is 4.92. The standard InChI is InChI=1S/C13H17Cl2N3OS/c14-9-1-2-10(15)12(7-9)20-6-5-18-4-3-17-8-11(18)13(16)19/h1-2,7,11,17H,3-6,8H2,(H2,16,19). The lowest BCUT2D eigenvalue weighted by Gasteiger charge is -2.33. The van der Waals surface area contributed by atoms with E-state index in [2.05, 4.69) is 10.2 Å². The van der Waals surface area contributed by atoms with Crippen molar-refractivity contribution in [3.8, 4) is 0 Å². The first-order valence-corrected chi connectivity index (χ1v) is 8.14. The van der Waals surface area contributed by atoms with Crippen LogP contribution in [0.4, 0.5) is 0 Å². The summed E-state index contributed by atoms with van der Waals surface area (Å²) in [6, 6.07) is 5.20. The number of hydrogen-bond acceptors (Lipinski definition) is 4. The molecular weight excluding hydrogens is 317 g/mol. The largest absolute Gasteiger partial charge is 0.368 e. The number of benzene rings is 1. The molecule has 7 heteroatoms. The molecule has 0 aromatic heterocycles. The van der Waals surface area contributed by atoms with Crippen LogP contribution in [0.25, 0.3) is 0 Å². The summed E-state index contributed by atoms with van der Waals surface area (Å²) in [7, 11) is 0. The Labute approximate surface area is 133 Å². The van der Waals surface area contributed by atoms with Crippen LogP contribution in [0.15, 0.2) is 23.1 Å². The van der Waals surface area contributed by atoms with E-state index in [1.807, 2.05) is 6.07 Å². The van der Waals surface area contributed by atoms with Gasteiger partial charge in [0.25, 0.3) is 0 Å². The Hall–Kier alpha value is -0.460. The summed E-state index contributed by atoms with van der Waals surface area (Å²) in [5.41, 5.74) is 5.42. The van der Waals surface area contributed by atoms with Crippen molar-refractivity contribution in [1.82, 2.24) is 10.2 Å². The molecule has 1 saturated heterocycles. The average molecular weight is 334 g/mol. The summed E-state index contributed by atoms with van der Waals surface area (Å²) in [6.45, 7) is 3.13. The van der Waals surface area contributed by atoms with Crippen molar-refractivity contribution < 1.29 is 4.79 Å². The smallest absolute Gasteiger partial charge is 0.236 e. The number of primary amides is 1. The lowest BCUT2D eigenvalue weighted by atomic mass is 10.2. The Balaban J connectivity index is 1.88. The van der Waals surface area contributed by atoms with Gasteiger partial charge in [-0.25, -0.2) is 0 Å². The topological polar surface area (TPSA) is 58.4 Å². The van der Waals surface area contributed by atoms with Gasteiger partial charge in [0.2, 0.25) is 5.91 Å². The number of nitrogens with zero attached hydrogens (tertiary/aromatic N) is 1. The van der Waals surface area contributed by atoms with Gasteiger partial charge in [0, 0.05) is 41.8 Å². The maximum Gasteiger partial charge on any atom is 0.236 e. The predicted octanol–water partition coefficient (Wildman–Crippen LogP) is 1.84. The number of carbonyl (C=O) groups excluding carboxylic acids is 1. The van der Waals surface area contributed by atoms with E-state index < -0.39 is 0 Å². The number of thioether (sulfide) groups is 1. The molecule has 1 unspecified atom stereocenters. The molecule has 1 atom stereocenters. The van der Waals surface area contributed by atoms with Crippen LogP contribution < -0.4 is 11.1 Å². The highest BCUT2D eigenvalue weighted by atomic mass is 35.5. The molecule has 0 radical (unpaired) electrons. The summed E-state index contributed by atoms with van der Waals surface area (Å²) < 4.78 is 0. The van der Waals surface area contributed by atoms with E-state index in [1.54, 1.807) is 23.9 Å². The van der Waals surface area contributed by atoms with Gasteiger partial charge in [0.1, 0.15) is 6.04 Å². The fraction of sp³-hybridized carbons (Fsp3) is 0.462. The third-order valence-electron chi connectivity index (χ3n) is 3.21. The molecule has 1 aliphatic heterocycles. The molecule has 0 spiro atoms. The van der Waals surface area contributed by atoms with Crippen LogP contribution in [0.3, 0.4) is 0 Å². The van der Waals surface area contributed by atoms with E-state index in [9.17, 15) is 4.79 Å². The van der Waals surface area contributed by atoms with Crippen LogP contribution >= 0.6 is 35.0 Å². The number of nitrogens with one attached hydrogen (secondary N) is 1. The predicted molar refractivity (Wildman–Crippen MR) is 84.6 cm³/mol. The lowest BCUT2D eigenvalue weighted by Crippen LogP contribution is -2.57. The second-order valence-corrected chi connectivity index (χ2v) is 6.56. The first-order valence-electron chi connectivity index (χ1n) is 6.40. The minimum Gasteiger partial charge on any atom is -0.368 e. The number of halogens is 2. The summed E-state index contributed by atoms with van der Waals surface area (Å²) in [6.07, 6.45) is 0. The van der Waals surface area contributed by atoms with E-state index in [4.69, 9.17) is 28.9 Å². The van der Waals surface area contributed by atoms with Gasteiger partial charge in [-0.3, -0.25) is 9.69 Å². The minimum atomic E-state index is -0.275. The van der Waals surface area contributed by atoms with Crippen LogP contribution in [-0.2, 0) is 4.79 Å². The van der Waals surface area contributed by atoms with Crippen LogP contribution in [0.5, 0.6) is 0 Å². The van der Waals surface area contributed by atoms with Gasteiger partial charge in [-0.2, -0.15) is 0 Å². The van der Waals surface area contributed by atoms with Crippen LogP contribution in [-0.4, -0.2) is 48.8 Å². The maximum atomic E-state index is 11.4. The fourth-order valence-electron chi connectivity index (χ4n) is 2.16. The number of piperazine rings is 1. The molecular formula is C13H17Cl2N3OS. The number of amides is 1. The number of nitrogens with two attached hydrogens (primary N) is 1. The Morgan fingerprint density at radius 3 is 3.05 bits per heavy atom. The molecule has 1 heterocycles. The van der Waals surface area contributed by atoms with Crippen molar-refractivity contribution in [3.05, 3.63) is 28.2 Å². The molecule has 20 heavy (non-hydrogen) atoms. The highest BCUT2D eigenvalue weighted by molar-refractivity contribution is 7.99. The second kappa shape index (κ2) is 7.52. The minimum absolute atomic E-state index is 0.223. The SMILES string of the molecule is NC(=O)C1CNCCN1CCSc1cc(Cl)ccc1Cl. The molecule has 1 aromatic carbocycles. The van der Waals surface area contributed by atoms with E-state index >= 15 is 0 Å². The van der Waals surface area contributed by atoms with Crippen molar-refractivity contribution >= 4 is 40.9 Å². The van der Waals surface area contributed by atoms with E-state index in [1.165, 1.54) is 0 Å². The van der Waals surface area contributed by atoms with Gasteiger partial charge in [-0.1, -0.05) is 23.2 Å². The van der Waals surface area contributed by atoms with Gasteiger partial charge >= 0.3 is 0 Å². The average Bonchev–Trinajstić information content (AvgIpc) is 2.43. The van der Waals surface area contributed by atoms with Crippen molar-refractivity contribution in [2.45, 2.75) is 10.9 Å². The number of carbonyl (C=O) groups is 1. The first kappa shape index (κ1) is 15.9. The summed E-state index contributed by atoms with van der Waals surface area (Å²) in [4.78, 5) is 14.5. The third kappa shape index (κ3) is 4.27. The molecule has 1 aliphatic rings. The second-order valence-electron chi connectivity index (χ2n) is 4.58. The molecule has 0 saturated carbocycles. The van der Waals surface area contributed by atoms with Gasteiger partial charge in [-0.05, 0) is 18.2 Å². The molecule has 1 amide bonds. The first-order chi connectivity index (χ1) is 9.58. The maximum absolute atomic E-state index is 11.4. The van der Waals surface area contributed by atoms with Crippen molar-refractivity contribution in [3.63, 3.8) is 0 Å². The molecule has 0 aliphatic carbocycles.